The number of nitriles is 1. The second-order valence-corrected chi connectivity index (χ2v) is 7.03. The number of benzene rings is 1. The number of carbonyl (C=O) groups excluding carboxylic acids is 1. The Morgan fingerprint density at radius 2 is 2.32 bits per heavy atom. The number of halogens is 3. The molecule has 1 aliphatic heterocycles. The summed E-state index contributed by atoms with van der Waals surface area (Å²) in [5.74, 6) is -3.52. The van der Waals surface area contributed by atoms with Crippen molar-refractivity contribution >= 4 is 21.8 Å². The normalized spacial score (nSPS) is 19.3. The van der Waals surface area contributed by atoms with Crippen LogP contribution in [-0.2, 0) is 16.8 Å². The van der Waals surface area contributed by atoms with Gasteiger partial charge in [-0.1, -0.05) is 22.0 Å². The minimum Gasteiger partial charge on any atom is -0.348 e. The van der Waals surface area contributed by atoms with E-state index in [0.29, 0.717) is 28.4 Å². The molecular weight excluding hydrogens is 394 g/mol. The zero-order chi connectivity index (χ0) is 18.2. The summed E-state index contributed by atoms with van der Waals surface area (Å²) >= 11 is 3.42. The number of nitrogens with zero attached hydrogens (tertiary/aromatic N) is 3. The van der Waals surface area contributed by atoms with E-state index in [4.69, 9.17) is 5.26 Å². The smallest absolute Gasteiger partial charge is 0.262 e. The second kappa shape index (κ2) is 6.23. The Morgan fingerprint density at radius 3 is 2.96 bits per heavy atom. The van der Waals surface area contributed by atoms with Crippen LogP contribution in [0.4, 0.5) is 8.78 Å². The molecule has 0 fully saturated rings. The van der Waals surface area contributed by atoms with Crippen LogP contribution >= 0.6 is 15.9 Å². The van der Waals surface area contributed by atoms with Gasteiger partial charge >= 0.3 is 0 Å². The lowest BCUT2D eigenvalue weighted by Crippen LogP contribution is -2.50. The monoisotopic (exact) mass is 408 g/mol. The molecule has 0 saturated heterocycles. The van der Waals surface area contributed by atoms with Gasteiger partial charge in [0.1, 0.15) is 0 Å². The molecule has 0 aliphatic carbocycles. The Bertz CT molecular complexity index is 868. The molecule has 25 heavy (non-hydrogen) atoms. The maximum atomic E-state index is 13.2. The van der Waals surface area contributed by atoms with Gasteiger partial charge in [-0.2, -0.15) is 5.26 Å². The lowest BCUT2D eigenvalue weighted by Gasteiger charge is -2.32. The summed E-state index contributed by atoms with van der Waals surface area (Å²) in [4.78, 5) is 17.1. The highest BCUT2D eigenvalue weighted by Gasteiger charge is 2.48. The first-order valence-electron chi connectivity index (χ1n) is 7.66. The summed E-state index contributed by atoms with van der Waals surface area (Å²) in [5.41, 5.74) is 0.731. The van der Waals surface area contributed by atoms with Crippen molar-refractivity contribution in [3.05, 3.63) is 52.0 Å². The van der Waals surface area contributed by atoms with Crippen LogP contribution in [0.15, 0.2) is 35.2 Å². The number of rotatable bonds is 4. The van der Waals surface area contributed by atoms with E-state index < -0.39 is 23.9 Å². The van der Waals surface area contributed by atoms with E-state index in [1.807, 2.05) is 6.07 Å². The number of alkyl halides is 2. The Hall–Kier alpha value is -2.27. The molecule has 3 rings (SSSR count). The van der Waals surface area contributed by atoms with E-state index in [9.17, 15) is 13.6 Å². The molecule has 0 bridgehead atoms. The van der Waals surface area contributed by atoms with Gasteiger partial charge in [0.25, 0.3) is 11.8 Å². The molecule has 1 amide bonds. The van der Waals surface area contributed by atoms with Crippen LogP contribution in [0.2, 0.25) is 0 Å². The number of nitrogens with one attached hydrogen (secondary N) is 1. The molecule has 2 aromatic rings. The van der Waals surface area contributed by atoms with Crippen LogP contribution in [0.3, 0.4) is 0 Å². The van der Waals surface area contributed by atoms with Crippen molar-refractivity contribution in [3.63, 3.8) is 0 Å². The van der Waals surface area contributed by atoms with E-state index in [1.54, 1.807) is 29.0 Å². The van der Waals surface area contributed by atoms with E-state index in [2.05, 4.69) is 26.2 Å². The van der Waals surface area contributed by atoms with Crippen molar-refractivity contribution in [2.45, 2.75) is 31.2 Å². The van der Waals surface area contributed by atoms with E-state index in [0.717, 1.165) is 12.6 Å². The van der Waals surface area contributed by atoms with Gasteiger partial charge in [0.05, 0.1) is 24.5 Å². The van der Waals surface area contributed by atoms with Crippen molar-refractivity contribution in [2.75, 3.05) is 6.54 Å². The van der Waals surface area contributed by atoms with Gasteiger partial charge < -0.3 is 9.88 Å². The van der Waals surface area contributed by atoms with Crippen LogP contribution in [0.5, 0.6) is 0 Å². The zero-order valence-corrected chi connectivity index (χ0v) is 15.0. The molecule has 2 heterocycles. The predicted molar refractivity (Wildman–Crippen MR) is 90.1 cm³/mol. The highest BCUT2D eigenvalue weighted by molar-refractivity contribution is 9.10. The predicted octanol–water partition coefficient (Wildman–Crippen LogP) is 2.98. The molecule has 130 valence electrons. The SMILES string of the molecule is CC(F)(F)CNC(=O)C1(c2ccc(C#N)cc2Br)CCc2cncn21. The Labute approximate surface area is 151 Å². The fraction of sp³-hybridized carbons (Fsp3) is 0.353. The summed E-state index contributed by atoms with van der Waals surface area (Å²) in [6.45, 7) is 0.0143. The molecule has 1 unspecified atom stereocenters. The number of amides is 1. The van der Waals surface area contributed by atoms with Gasteiger partial charge in [-0.05, 0) is 25.0 Å². The van der Waals surface area contributed by atoms with Gasteiger partial charge in [0, 0.05) is 28.9 Å². The molecular formula is C17H15BrF2N4O. The summed E-state index contributed by atoms with van der Waals surface area (Å²) in [6, 6.07) is 6.95. The van der Waals surface area contributed by atoms with Gasteiger partial charge in [0.15, 0.2) is 5.54 Å². The highest BCUT2D eigenvalue weighted by atomic mass is 79.9. The van der Waals surface area contributed by atoms with Crippen molar-refractivity contribution in [2.24, 2.45) is 0 Å². The molecule has 8 heteroatoms. The fourth-order valence-electron chi connectivity index (χ4n) is 3.19. The molecule has 0 radical (unpaired) electrons. The van der Waals surface area contributed by atoms with Gasteiger partial charge in [-0.15, -0.1) is 0 Å². The maximum absolute atomic E-state index is 13.2. The third-order valence-corrected chi connectivity index (χ3v) is 5.00. The molecule has 1 aromatic carbocycles. The van der Waals surface area contributed by atoms with E-state index >= 15 is 0 Å². The maximum Gasteiger partial charge on any atom is 0.262 e. The minimum atomic E-state index is -3.00. The third kappa shape index (κ3) is 3.04. The fourth-order valence-corrected chi connectivity index (χ4v) is 3.90. The van der Waals surface area contributed by atoms with E-state index in [1.165, 1.54) is 6.33 Å². The average Bonchev–Trinajstić information content (AvgIpc) is 3.15. The number of aryl methyl sites for hydroxylation is 1. The first-order valence-corrected chi connectivity index (χ1v) is 8.45. The molecule has 1 atom stereocenters. The molecule has 1 aliphatic rings. The van der Waals surface area contributed by atoms with Gasteiger partial charge in [-0.25, -0.2) is 13.8 Å². The zero-order valence-electron chi connectivity index (χ0n) is 13.4. The van der Waals surface area contributed by atoms with Crippen molar-refractivity contribution < 1.29 is 13.6 Å². The number of aromatic nitrogens is 2. The van der Waals surface area contributed by atoms with Gasteiger partial charge in [0.2, 0.25) is 0 Å². The lowest BCUT2D eigenvalue weighted by molar-refractivity contribution is -0.129. The summed E-state index contributed by atoms with van der Waals surface area (Å²) in [5, 5.41) is 11.4. The quantitative estimate of drug-likeness (QED) is 0.844. The first kappa shape index (κ1) is 17.5. The van der Waals surface area contributed by atoms with Crippen molar-refractivity contribution in [1.29, 1.82) is 5.26 Å². The Kier molecular flexibility index (Phi) is 4.37. The van der Waals surface area contributed by atoms with E-state index in [-0.39, 0.29) is 0 Å². The Balaban J connectivity index is 2.09. The van der Waals surface area contributed by atoms with Crippen LogP contribution in [-0.4, -0.2) is 27.9 Å². The molecule has 1 N–H and O–H groups in total. The van der Waals surface area contributed by atoms with Crippen LogP contribution in [0, 0.1) is 11.3 Å². The lowest BCUT2D eigenvalue weighted by atomic mass is 9.86. The largest absolute Gasteiger partial charge is 0.348 e. The number of hydrogen-bond acceptors (Lipinski definition) is 3. The highest BCUT2D eigenvalue weighted by Crippen LogP contribution is 2.42. The second-order valence-electron chi connectivity index (χ2n) is 6.17. The summed E-state index contributed by atoms with van der Waals surface area (Å²) in [7, 11) is 0. The molecule has 0 saturated carbocycles. The first-order chi connectivity index (χ1) is 11.8. The topological polar surface area (TPSA) is 70.7 Å². The summed E-state index contributed by atoms with van der Waals surface area (Å²) in [6.07, 6.45) is 4.23. The van der Waals surface area contributed by atoms with Crippen LogP contribution in [0.25, 0.3) is 0 Å². The molecule has 5 nitrogen and oxygen atoms in total. The molecule has 0 spiro atoms. The average molecular weight is 409 g/mol. The van der Waals surface area contributed by atoms with Gasteiger partial charge in [-0.3, -0.25) is 4.79 Å². The molecule has 1 aromatic heterocycles. The minimum absolute atomic E-state index is 0.427. The van der Waals surface area contributed by atoms with Crippen molar-refractivity contribution in [3.8, 4) is 6.07 Å². The Morgan fingerprint density at radius 1 is 1.56 bits per heavy atom. The third-order valence-electron chi connectivity index (χ3n) is 4.35. The summed E-state index contributed by atoms with van der Waals surface area (Å²) < 4.78 is 28.8. The van der Waals surface area contributed by atoms with Crippen molar-refractivity contribution in [1.82, 2.24) is 14.9 Å². The number of fused-ring (bicyclic) bond motifs is 1. The van der Waals surface area contributed by atoms with Crippen LogP contribution < -0.4 is 5.32 Å². The number of hydrogen-bond donors (Lipinski definition) is 1. The number of carbonyl (C=O) groups is 1. The standard InChI is InChI=1S/C17H15BrF2N4O/c1-16(19,20)9-23-15(25)17(5-4-12-8-22-10-24(12)17)13-3-2-11(7-21)6-14(13)18/h2-3,6,8,10H,4-5,9H2,1H3,(H,23,25). The van der Waals surface area contributed by atoms with Crippen LogP contribution in [0.1, 0.15) is 30.2 Å². The number of imidazole rings is 1.